The highest BCUT2D eigenvalue weighted by molar-refractivity contribution is 5.34. The van der Waals surface area contributed by atoms with Crippen LogP contribution >= 0.6 is 0 Å². The molecule has 0 heterocycles. The van der Waals surface area contributed by atoms with Crippen molar-refractivity contribution in [1.29, 1.82) is 0 Å². The fourth-order valence-electron chi connectivity index (χ4n) is 9.41. The first kappa shape index (κ1) is 13.6. The van der Waals surface area contributed by atoms with Gasteiger partial charge < -0.3 is 0 Å². The van der Waals surface area contributed by atoms with Crippen molar-refractivity contribution >= 4 is 0 Å². The average molecular weight is 274 g/mol. The summed E-state index contributed by atoms with van der Waals surface area (Å²) >= 11 is 0. The highest BCUT2D eigenvalue weighted by Crippen LogP contribution is 2.92. The van der Waals surface area contributed by atoms with E-state index >= 15 is 0 Å². The van der Waals surface area contributed by atoms with E-state index in [0.717, 1.165) is 23.7 Å². The average Bonchev–Trinajstić information content (AvgIpc) is 2.56. The molecule has 4 fully saturated rings. The summed E-state index contributed by atoms with van der Waals surface area (Å²) in [5, 5.41) is 0. The van der Waals surface area contributed by atoms with Crippen LogP contribution in [0.25, 0.3) is 0 Å². The number of hydrogen-bond donors (Lipinski definition) is 0. The summed E-state index contributed by atoms with van der Waals surface area (Å²) in [5.41, 5.74) is 2.76. The largest absolute Gasteiger partial charge is 0.0619 e. The molecule has 8 atom stereocenters. The summed E-state index contributed by atoms with van der Waals surface area (Å²) in [4.78, 5) is 0. The van der Waals surface area contributed by atoms with Crippen LogP contribution in [0.2, 0.25) is 0 Å². The van der Waals surface area contributed by atoms with E-state index in [4.69, 9.17) is 0 Å². The summed E-state index contributed by atoms with van der Waals surface area (Å²) in [7, 11) is 0. The lowest BCUT2D eigenvalue weighted by Crippen LogP contribution is -2.76. The summed E-state index contributed by atoms with van der Waals surface area (Å²) < 4.78 is 0. The molecule has 0 aromatic carbocycles. The molecule has 0 aromatic heterocycles. The van der Waals surface area contributed by atoms with Gasteiger partial charge in [0.25, 0.3) is 0 Å². The van der Waals surface area contributed by atoms with Gasteiger partial charge in [-0.05, 0) is 70.0 Å². The van der Waals surface area contributed by atoms with E-state index in [0.29, 0.717) is 27.1 Å². The van der Waals surface area contributed by atoms with Gasteiger partial charge in [-0.1, -0.05) is 55.4 Å². The fraction of sp³-hybridized carbons (Fsp3) is 1.00. The third-order valence-electron chi connectivity index (χ3n) is 11.2. The van der Waals surface area contributed by atoms with E-state index in [1.807, 2.05) is 0 Å². The monoisotopic (exact) mass is 274 g/mol. The second-order valence-corrected chi connectivity index (χ2v) is 10.3. The van der Waals surface area contributed by atoms with Crippen LogP contribution in [0, 0.1) is 50.7 Å². The molecule has 8 unspecified atom stereocenters. The van der Waals surface area contributed by atoms with Gasteiger partial charge >= 0.3 is 0 Å². The molecule has 4 saturated carbocycles. The third-order valence-corrected chi connectivity index (χ3v) is 11.2. The van der Waals surface area contributed by atoms with Crippen molar-refractivity contribution in [2.45, 2.75) is 74.7 Å². The Morgan fingerprint density at radius 2 is 1.35 bits per heavy atom. The molecule has 3 bridgehead atoms. The summed E-state index contributed by atoms with van der Waals surface area (Å²) in [5.74, 6) is 3.69. The molecule has 0 amide bonds. The van der Waals surface area contributed by atoms with Crippen LogP contribution in [-0.2, 0) is 0 Å². The minimum Gasteiger partial charge on any atom is -0.0619 e. The van der Waals surface area contributed by atoms with Crippen LogP contribution < -0.4 is 0 Å². The second kappa shape index (κ2) is 3.04. The van der Waals surface area contributed by atoms with Gasteiger partial charge in [-0.3, -0.25) is 0 Å². The highest BCUT2D eigenvalue weighted by Gasteiger charge is 2.86. The van der Waals surface area contributed by atoms with Crippen LogP contribution in [0.1, 0.15) is 74.7 Å². The molecule has 20 heavy (non-hydrogen) atoms. The van der Waals surface area contributed by atoms with E-state index < -0.39 is 0 Å². The van der Waals surface area contributed by atoms with E-state index in [1.54, 1.807) is 0 Å². The molecule has 4 aliphatic carbocycles. The van der Waals surface area contributed by atoms with Gasteiger partial charge in [0.2, 0.25) is 0 Å². The Labute approximate surface area is 126 Å². The maximum absolute atomic E-state index is 2.70. The Kier molecular flexibility index (Phi) is 2.07. The minimum absolute atomic E-state index is 0.463. The van der Waals surface area contributed by atoms with Crippen LogP contribution in [0.4, 0.5) is 0 Å². The van der Waals surface area contributed by atoms with Crippen molar-refractivity contribution in [2.24, 2.45) is 50.7 Å². The predicted octanol–water partition coefficient (Wildman–Crippen LogP) is 5.77. The smallest absolute Gasteiger partial charge is 0.0179 e. The standard InChI is InChI=1S/C20H34/c1-12-9-15-11-20-10-13(2)19(20,8)18(12,7)16(4,5)17(15,6)14(20)3/h12-15H,9-11H2,1-8H3. The molecular weight excluding hydrogens is 240 g/mol. The van der Waals surface area contributed by atoms with Crippen LogP contribution in [-0.4, -0.2) is 0 Å². The number of fused-ring (bicyclic) bond motifs is 2. The number of hydrogen-bond acceptors (Lipinski definition) is 0. The topological polar surface area (TPSA) is 0 Å². The zero-order valence-corrected chi connectivity index (χ0v) is 14.9. The third kappa shape index (κ3) is 0.813. The van der Waals surface area contributed by atoms with Gasteiger partial charge in [0, 0.05) is 0 Å². The molecule has 0 radical (unpaired) electrons. The van der Waals surface area contributed by atoms with Crippen molar-refractivity contribution in [3.05, 3.63) is 0 Å². The van der Waals surface area contributed by atoms with Crippen molar-refractivity contribution in [3.63, 3.8) is 0 Å². The first-order valence-electron chi connectivity index (χ1n) is 9.02. The van der Waals surface area contributed by atoms with E-state index in [2.05, 4.69) is 55.4 Å². The molecule has 0 N–H and O–H groups in total. The van der Waals surface area contributed by atoms with Gasteiger partial charge in [0.05, 0.1) is 0 Å². The van der Waals surface area contributed by atoms with E-state index in [1.165, 1.54) is 19.3 Å². The van der Waals surface area contributed by atoms with Gasteiger partial charge in [0.15, 0.2) is 0 Å². The molecule has 0 saturated heterocycles. The summed E-state index contributed by atoms with van der Waals surface area (Å²) in [6.45, 7) is 21.1. The zero-order valence-electron chi connectivity index (χ0n) is 14.9. The molecule has 0 aromatic rings. The lowest BCUT2D eigenvalue weighted by Gasteiger charge is -2.82. The molecule has 1 spiro atoms. The SMILES string of the molecule is CC1C23CC4CC(C)C(C)(C(C)(C)C41C)C2(C)C(C)C3. The summed E-state index contributed by atoms with van der Waals surface area (Å²) in [6.07, 6.45) is 4.54. The Hall–Kier alpha value is 0. The quantitative estimate of drug-likeness (QED) is 0.526. The lowest BCUT2D eigenvalue weighted by molar-refractivity contribution is -0.343. The molecule has 0 aliphatic heterocycles. The first-order chi connectivity index (χ1) is 9.02. The minimum atomic E-state index is 0.463. The molecule has 0 heteroatoms. The predicted molar refractivity (Wildman–Crippen MR) is 85.4 cm³/mol. The number of rotatable bonds is 0. The highest BCUT2D eigenvalue weighted by atomic mass is 14.9. The Morgan fingerprint density at radius 3 is 1.90 bits per heavy atom. The van der Waals surface area contributed by atoms with Crippen LogP contribution in [0.5, 0.6) is 0 Å². The van der Waals surface area contributed by atoms with Gasteiger partial charge in [-0.15, -0.1) is 0 Å². The fourth-order valence-corrected chi connectivity index (χ4v) is 9.41. The van der Waals surface area contributed by atoms with Crippen molar-refractivity contribution < 1.29 is 0 Å². The molecular formula is C20H34. The van der Waals surface area contributed by atoms with Gasteiger partial charge in [-0.2, -0.15) is 0 Å². The maximum atomic E-state index is 2.70. The van der Waals surface area contributed by atoms with Gasteiger partial charge in [-0.25, -0.2) is 0 Å². The van der Waals surface area contributed by atoms with Crippen LogP contribution in [0.3, 0.4) is 0 Å². The molecule has 4 aliphatic rings. The normalized spacial score (nSPS) is 69.6. The Balaban J connectivity index is 2.07. The molecule has 114 valence electrons. The summed E-state index contributed by atoms with van der Waals surface area (Å²) in [6, 6.07) is 0. The lowest BCUT2D eigenvalue weighted by atomic mass is 9.22. The van der Waals surface area contributed by atoms with Gasteiger partial charge in [0.1, 0.15) is 0 Å². The van der Waals surface area contributed by atoms with Crippen molar-refractivity contribution in [2.75, 3.05) is 0 Å². The Bertz CT molecular complexity index is 490. The first-order valence-corrected chi connectivity index (χ1v) is 9.02. The van der Waals surface area contributed by atoms with Crippen molar-refractivity contribution in [3.8, 4) is 0 Å². The Morgan fingerprint density at radius 1 is 0.750 bits per heavy atom. The second-order valence-electron chi connectivity index (χ2n) is 10.3. The van der Waals surface area contributed by atoms with Crippen LogP contribution in [0.15, 0.2) is 0 Å². The van der Waals surface area contributed by atoms with E-state index in [9.17, 15) is 0 Å². The maximum Gasteiger partial charge on any atom is -0.0179 e. The molecule has 0 nitrogen and oxygen atoms in total. The van der Waals surface area contributed by atoms with Crippen molar-refractivity contribution in [1.82, 2.24) is 0 Å². The van der Waals surface area contributed by atoms with E-state index in [-0.39, 0.29) is 0 Å². The molecule has 4 rings (SSSR count). The zero-order chi connectivity index (χ0) is 14.9.